The molecular weight excluding hydrogens is 204 g/mol. The Morgan fingerprint density at radius 2 is 2.25 bits per heavy atom. The molecule has 0 bridgehead atoms. The van der Waals surface area contributed by atoms with E-state index >= 15 is 0 Å². The third kappa shape index (κ3) is 4.78. The molecule has 1 saturated heterocycles. The summed E-state index contributed by atoms with van der Waals surface area (Å²) in [6, 6.07) is 0. The van der Waals surface area contributed by atoms with E-state index in [2.05, 4.69) is 4.90 Å². The summed E-state index contributed by atoms with van der Waals surface area (Å²) >= 11 is 0. The maximum atomic E-state index is 9.74. The summed E-state index contributed by atoms with van der Waals surface area (Å²) in [6.07, 6.45) is 4.54. The fraction of sp³-hybridized carbons (Fsp3) is 1.00. The van der Waals surface area contributed by atoms with E-state index in [1.54, 1.807) is 7.11 Å². The van der Waals surface area contributed by atoms with E-state index < -0.39 is 5.60 Å². The summed E-state index contributed by atoms with van der Waals surface area (Å²) in [4.78, 5) is 2.44. The molecule has 0 aromatic heterocycles. The molecule has 16 heavy (non-hydrogen) atoms. The molecule has 4 nitrogen and oxygen atoms in total. The van der Waals surface area contributed by atoms with Crippen molar-refractivity contribution in [2.75, 3.05) is 33.3 Å². The molecule has 0 saturated carbocycles. The number of hydrogen-bond acceptors (Lipinski definition) is 4. The molecule has 0 aromatic rings. The van der Waals surface area contributed by atoms with Gasteiger partial charge in [-0.25, -0.2) is 0 Å². The summed E-state index contributed by atoms with van der Waals surface area (Å²) in [5.74, 6) is 0. The third-order valence-electron chi connectivity index (χ3n) is 3.44. The molecule has 1 fully saturated rings. The van der Waals surface area contributed by atoms with Crippen LogP contribution in [-0.4, -0.2) is 55.0 Å². The van der Waals surface area contributed by atoms with Crippen molar-refractivity contribution in [3.63, 3.8) is 0 Å². The van der Waals surface area contributed by atoms with E-state index in [9.17, 15) is 5.11 Å². The number of nitrogens with zero attached hydrogens (tertiary/aromatic N) is 1. The second-order valence-corrected chi connectivity index (χ2v) is 5.11. The summed E-state index contributed by atoms with van der Waals surface area (Å²) in [7, 11) is 1.78. The van der Waals surface area contributed by atoms with Crippen LogP contribution in [0.15, 0.2) is 0 Å². The number of methoxy groups -OCH3 is 1. The maximum Gasteiger partial charge on any atom is 0.0741 e. The van der Waals surface area contributed by atoms with Gasteiger partial charge < -0.3 is 20.5 Å². The Kier molecular flexibility index (Phi) is 5.69. The first-order valence-corrected chi connectivity index (χ1v) is 6.25. The standard InChI is InChI=1S/C12H26N2O2/c1-12(15,10-13)6-3-4-7-14-8-5-11(9-14)16-2/h11,15H,3-10,13H2,1-2H3. The molecule has 0 spiro atoms. The molecule has 96 valence electrons. The monoisotopic (exact) mass is 230 g/mol. The Morgan fingerprint density at radius 1 is 1.50 bits per heavy atom. The highest BCUT2D eigenvalue weighted by Gasteiger charge is 2.22. The van der Waals surface area contributed by atoms with Crippen LogP contribution in [0.2, 0.25) is 0 Å². The quantitative estimate of drug-likeness (QED) is 0.628. The van der Waals surface area contributed by atoms with E-state index in [0.717, 1.165) is 45.3 Å². The van der Waals surface area contributed by atoms with Gasteiger partial charge in [0.2, 0.25) is 0 Å². The fourth-order valence-electron chi connectivity index (χ4n) is 2.14. The molecule has 1 heterocycles. The van der Waals surface area contributed by atoms with Gasteiger partial charge in [0.25, 0.3) is 0 Å². The van der Waals surface area contributed by atoms with Crippen molar-refractivity contribution in [3.8, 4) is 0 Å². The Bertz CT molecular complexity index is 197. The molecule has 0 amide bonds. The minimum atomic E-state index is -0.680. The van der Waals surface area contributed by atoms with Gasteiger partial charge in [-0.1, -0.05) is 0 Å². The van der Waals surface area contributed by atoms with E-state index in [1.807, 2.05) is 6.92 Å². The lowest BCUT2D eigenvalue weighted by atomic mass is 9.99. The lowest BCUT2D eigenvalue weighted by Crippen LogP contribution is -2.34. The normalized spacial score (nSPS) is 25.9. The topological polar surface area (TPSA) is 58.7 Å². The highest BCUT2D eigenvalue weighted by Crippen LogP contribution is 2.15. The average molecular weight is 230 g/mol. The molecule has 1 aliphatic heterocycles. The lowest BCUT2D eigenvalue weighted by Gasteiger charge is -2.21. The van der Waals surface area contributed by atoms with Gasteiger partial charge in [-0.05, 0) is 39.2 Å². The molecule has 1 rings (SSSR count). The number of rotatable bonds is 7. The van der Waals surface area contributed by atoms with Crippen LogP contribution in [0.1, 0.15) is 32.6 Å². The molecule has 3 N–H and O–H groups in total. The predicted molar refractivity (Wildman–Crippen MR) is 65.4 cm³/mol. The zero-order chi connectivity index (χ0) is 12.0. The number of unbranched alkanes of at least 4 members (excludes halogenated alkanes) is 1. The van der Waals surface area contributed by atoms with Crippen molar-refractivity contribution in [2.45, 2.75) is 44.3 Å². The number of aliphatic hydroxyl groups is 1. The Morgan fingerprint density at radius 3 is 2.81 bits per heavy atom. The van der Waals surface area contributed by atoms with E-state index in [1.165, 1.54) is 0 Å². The largest absolute Gasteiger partial charge is 0.389 e. The SMILES string of the molecule is COC1CCN(CCCCC(C)(O)CN)C1. The first kappa shape index (κ1) is 13.9. The molecule has 0 aliphatic carbocycles. The minimum absolute atomic E-state index is 0.350. The summed E-state index contributed by atoms with van der Waals surface area (Å²) < 4.78 is 5.32. The third-order valence-corrected chi connectivity index (χ3v) is 3.44. The summed E-state index contributed by atoms with van der Waals surface area (Å²) in [6.45, 7) is 5.47. The number of hydrogen-bond donors (Lipinski definition) is 2. The second kappa shape index (κ2) is 6.55. The first-order valence-electron chi connectivity index (χ1n) is 6.25. The highest BCUT2D eigenvalue weighted by molar-refractivity contribution is 4.77. The zero-order valence-corrected chi connectivity index (χ0v) is 10.6. The van der Waals surface area contributed by atoms with Crippen molar-refractivity contribution in [1.82, 2.24) is 4.90 Å². The highest BCUT2D eigenvalue weighted by atomic mass is 16.5. The molecule has 4 heteroatoms. The van der Waals surface area contributed by atoms with Gasteiger partial charge in [-0.3, -0.25) is 0 Å². The summed E-state index contributed by atoms with van der Waals surface area (Å²) in [5, 5.41) is 9.74. The van der Waals surface area contributed by atoms with E-state index in [4.69, 9.17) is 10.5 Å². The minimum Gasteiger partial charge on any atom is -0.389 e. The van der Waals surface area contributed by atoms with Gasteiger partial charge >= 0.3 is 0 Å². The number of ether oxygens (including phenoxy) is 1. The average Bonchev–Trinajstić information content (AvgIpc) is 2.72. The van der Waals surface area contributed by atoms with Crippen molar-refractivity contribution in [1.29, 1.82) is 0 Å². The Labute approximate surface area is 98.8 Å². The van der Waals surface area contributed by atoms with Crippen LogP contribution in [-0.2, 0) is 4.74 Å². The molecule has 0 radical (unpaired) electrons. The summed E-state index contributed by atoms with van der Waals surface area (Å²) in [5.41, 5.74) is 4.79. The molecule has 0 aromatic carbocycles. The van der Waals surface area contributed by atoms with Gasteiger partial charge in [-0.15, -0.1) is 0 Å². The van der Waals surface area contributed by atoms with Crippen LogP contribution in [0.5, 0.6) is 0 Å². The smallest absolute Gasteiger partial charge is 0.0741 e. The van der Waals surface area contributed by atoms with Gasteiger partial charge in [0.1, 0.15) is 0 Å². The van der Waals surface area contributed by atoms with Gasteiger partial charge in [0.15, 0.2) is 0 Å². The second-order valence-electron chi connectivity index (χ2n) is 5.11. The molecule has 1 aliphatic rings. The van der Waals surface area contributed by atoms with E-state index in [0.29, 0.717) is 12.6 Å². The number of nitrogens with two attached hydrogens (primary N) is 1. The van der Waals surface area contributed by atoms with Crippen LogP contribution in [0.4, 0.5) is 0 Å². The van der Waals surface area contributed by atoms with Crippen LogP contribution >= 0.6 is 0 Å². The molecule has 2 unspecified atom stereocenters. The van der Waals surface area contributed by atoms with Crippen LogP contribution in [0, 0.1) is 0 Å². The van der Waals surface area contributed by atoms with Crippen molar-refractivity contribution >= 4 is 0 Å². The zero-order valence-electron chi connectivity index (χ0n) is 10.6. The Hall–Kier alpha value is -0.160. The van der Waals surface area contributed by atoms with Crippen molar-refractivity contribution in [3.05, 3.63) is 0 Å². The molecule has 2 atom stereocenters. The maximum absolute atomic E-state index is 9.74. The lowest BCUT2D eigenvalue weighted by molar-refractivity contribution is 0.0562. The van der Waals surface area contributed by atoms with Crippen molar-refractivity contribution in [2.24, 2.45) is 5.73 Å². The van der Waals surface area contributed by atoms with Gasteiger partial charge in [0, 0.05) is 26.7 Å². The predicted octanol–water partition coefficient (Wildman–Crippen LogP) is 0.587. The van der Waals surface area contributed by atoms with Gasteiger partial charge in [0.05, 0.1) is 11.7 Å². The fourth-order valence-corrected chi connectivity index (χ4v) is 2.14. The number of likely N-dealkylation sites (tertiary alicyclic amines) is 1. The first-order chi connectivity index (χ1) is 7.57. The van der Waals surface area contributed by atoms with Crippen LogP contribution < -0.4 is 5.73 Å². The Balaban J connectivity index is 2.04. The van der Waals surface area contributed by atoms with Crippen molar-refractivity contribution < 1.29 is 9.84 Å². The molecular formula is C12H26N2O2. The van der Waals surface area contributed by atoms with E-state index in [-0.39, 0.29) is 0 Å². The van der Waals surface area contributed by atoms with Crippen LogP contribution in [0.25, 0.3) is 0 Å². The van der Waals surface area contributed by atoms with Crippen LogP contribution in [0.3, 0.4) is 0 Å². The van der Waals surface area contributed by atoms with Gasteiger partial charge in [-0.2, -0.15) is 0 Å².